The molecular formula is C16H25N2O. The van der Waals surface area contributed by atoms with Crippen molar-refractivity contribution in [1.29, 1.82) is 0 Å². The van der Waals surface area contributed by atoms with Crippen LogP contribution in [-0.2, 0) is 0 Å². The maximum Gasteiger partial charge on any atom is 0.142 e. The van der Waals surface area contributed by atoms with Crippen LogP contribution in [0.4, 0.5) is 5.69 Å². The molecule has 3 heteroatoms. The lowest BCUT2D eigenvalue weighted by atomic mass is 10.2. The predicted octanol–water partition coefficient (Wildman–Crippen LogP) is 2.82. The average molecular weight is 261 g/mol. The monoisotopic (exact) mass is 261 g/mol. The highest BCUT2D eigenvalue weighted by atomic mass is 16.5. The molecule has 1 fully saturated rings. The van der Waals surface area contributed by atoms with E-state index in [9.17, 15) is 0 Å². The van der Waals surface area contributed by atoms with Gasteiger partial charge in [0.05, 0.1) is 12.3 Å². The SMILES string of the molecule is C[CH]CN1CCN(c2ccccc2OCCC)CC1. The third-order valence-corrected chi connectivity index (χ3v) is 3.48. The van der Waals surface area contributed by atoms with Gasteiger partial charge in [0.15, 0.2) is 0 Å². The number of para-hydroxylation sites is 2. The molecule has 1 heterocycles. The van der Waals surface area contributed by atoms with Crippen LogP contribution in [-0.4, -0.2) is 44.2 Å². The maximum absolute atomic E-state index is 5.85. The molecule has 0 bridgehead atoms. The van der Waals surface area contributed by atoms with Crippen LogP contribution in [0.2, 0.25) is 0 Å². The highest BCUT2D eigenvalue weighted by molar-refractivity contribution is 5.58. The van der Waals surface area contributed by atoms with Crippen LogP contribution in [0.3, 0.4) is 0 Å². The predicted molar refractivity (Wildman–Crippen MR) is 80.9 cm³/mol. The van der Waals surface area contributed by atoms with Gasteiger partial charge in [0.2, 0.25) is 0 Å². The Morgan fingerprint density at radius 3 is 2.58 bits per heavy atom. The summed E-state index contributed by atoms with van der Waals surface area (Å²) in [5.41, 5.74) is 1.25. The zero-order valence-corrected chi connectivity index (χ0v) is 12.1. The highest BCUT2D eigenvalue weighted by Crippen LogP contribution is 2.28. The number of rotatable bonds is 6. The Bertz CT molecular complexity index is 373. The molecule has 0 amide bonds. The van der Waals surface area contributed by atoms with Crippen molar-refractivity contribution in [2.24, 2.45) is 0 Å². The van der Waals surface area contributed by atoms with E-state index in [-0.39, 0.29) is 0 Å². The Morgan fingerprint density at radius 1 is 1.16 bits per heavy atom. The minimum absolute atomic E-state index is 0.793. The third kappa shape index (κ3) is 3.87. The first kappa shape index (κ1) is 14.2. The van der Waals surface area contributed by atoms with Crippen molar-refractivity contribution in [3.05, 3.63) is 30.7 Å². The largest absolute Gasteiger partial charge is 0.491 e. The smallest absolute Gasteiger partial charge is 0.142 e. The lowest BCUT2D eigenvalue weighted by Crippen LogP contribution is -2.46. The van der Waals surface area contributed by atoms with Crippen molar-refractivity contribution in [1.82, 2.24) is 4.90 Å². The van der Waals surface area contributed by atoms with Crippen molar-refractivity contribution < 1.29 is 4.74 Å². The first-order valence-electron chi connectivity index (χ1n) is 7.32. The molecule has 105 valence electrons. The minimum atomic E-state index is 0.793. The topological polar surface area (TPSA) is 15.7 Å². The Hall–Kier alpha value is -1.22. The Balaban J connectivity index is 1.98. The van der Waals surface area contributed by atoms with Gasteiger partial charge >= 0.3 is 0 Å². The summed E-state index contributed by atoms with van der Waals surface area (Å²) in [6.45, 7) is 10.6. The summed E-state index contributed by atoms with van der Waals surface area (Å²) in [5, 5.41) is 0. The fourth-order valence-corrected chi connectivity index (χ4v) is 2.48. The van der Waals surface area contributed by atoms with E-state index in [2.05, 4.69) is 54.3 Å². The summed E-state index contributed by atoms with van der Waals surface area (Å²) in [6, 6.07) is 8.40. The maximum atomic E-state index is 5.85. The van der Waals surface area contributed by atoms with Crippen LogP contribution >= 0.6 is 0 Å². The zero-order chi connectivity index (χ0) is 13.5. The molecule has 0 aliphatic carbocycles. The summed E-state index contributed by atoms with van der Waals surface area (Å²) < 4.78 is 5.85. The summed E-state index contributed by atoms with van der Waals surface area (Å²) >= 11 is 0. The first-order valence-corrected chi connectivity index (χ1v) is 7.32. The number of anilines is 1. The number of benzene rings is 1. The van der Waals surface area contributed by atoms with Crippen molar-refractivity contribution in [3.8, 4) is 5.75 Å². The molecule has 0 N–H and O–H groups in total. The molecular weight excluding hydrogens is 236 g/mol. The molecule has 1 saturated heterocycles. The molecule has 1 aliphatic heterocycles. The lowest BCUT2D eigenvalue weighted by Gasteiger charge is -2.36. The zero-order valence-electron chi connectivity index (χ0n) is 12.1. The van der Waals surface area contributed by atoms with Crippen molar-refractivity contribution in [2.45, 2.75) is 20.3 Å². The second kappa shape index (κ2) is 7.39. The molecule has 0 atom stereocenters. The van der Waals surface area contributed by atoms with Crippen LogP contribution < -0.4 is 9.64 Å². The van der Waals surface area contributed by atoms with E-state index < -0.39 is 0 Å². The first-order chi connectivity index (χ1) is 9.35. The Kier molecular flexibility index (Phi) is 5.52. The van der Waals surface area contributed by atoms with Crippen molar-refractivity contribution >= 4 is 5.69 Å². The molecule has 3 nitrogen and oxygen atoms in total. The van der Waals surface area contributed by atoms with Gasteiger partial charge in [-0.05, 0) is 25.0 Å². The van der Waals surface area contributed by atoms with Gasteiger partial charge < -0.3 is 9.64 Å². The van der Waals surface area contributed by atoms with Gasteiger partial charge in [0.25, 0.3) is 0 Å². The Labute approximate surface area is 117 Å². The molecule has 0 unspecified atom stereocenters. The molecule has 1 radical (unpaired) electrons. The molecule has 1 aromatic carbocycles. The van der Waals surface area contributed by atoms with E-state index in [0.29, 0.717) is 0 Å². The van der Waals surface area contributed by atoms with Crippen LogP contribution in [0.25, 0.3) is 0 Å². The normalized spacial score (nSPS) is 16.6. The molecule has 0 spiro atoms. The Morgan fingerprint density at radius 2 is 1.89 bits per heavy atom. The summed E-state index contributed by atoms with van der Waals surface area (Å²) in [4.78, 5) is 4.93. The van der Waals surface area contributed by atoms with E-state index in [0.717, 1.165) is 51.5 Å². The van der Waals surface area contributed by atoms with Gasteiger partial charge in [-0.3, -0.25) is 4.90 Å². The van der Waals surface area contributed by atoms with Gasteiger partial charge in [-0.15, -0.1) is 0 Å². The molecule has 1 aromatic rings. The molecule has 1 aliphatic rings. The van der Waals surface area contributed by atoms with Gasteiger partial charge in [-0.25, -0.2) is 0 Å². The van der Waals surface area contributed by atoms with E-state index in [1.807, 2.05) is 0 Å². The summed E-state index contributed by atoms with van der Waals surface area (Å²) in [5.74, 6) is 1.03. The molecule has 0 saturated carbocycles. The standard InChI is InChI=1S/C16H25N2O/c1-3-9-17-10-12-18(13-11-17)15-7-5-6-8-16(15)19-14-4-2/h3,5-8H,4,9-14H2,1-2H3. The number of ether oxygens (including phenoxy) is 1. The van der Waals surface area contributed by atoms with Gasteiger partial charge in [-0.1, -0.05) is 26.0 Å². The van der Waals surface area contributed by atoms with E-state index in [1.54, 1.807) is 0 Å². The molecule has 2 rings (SSSR count). The van der Waals surface area contributed by atoms with Crippen LogP contribution in [0.1, 0.15) is 20.3 Å². The van der Waals surface area contributed by atoms with Gasteiger partial charge in [0.1, 0.15) is 5.75 Å². The van der Waals surface area contributed by atoms with Gasteiger partial charge in [-0.2, -0.15) is 0 Å². The quantitative estimate of drug-likeness (QED) is 0.783. The lowest BCUT2D eigenvalue weighted by molar-refractivity contribution is 0.273. The number of hydrogen-bond donors (Lipinski definition) is 0. The summed E-state index contributed by atoms with van der Waals surface area (Å²) in [6.07, 6.45) is 3.28. The number of piperazine rings is 1. The highest BCUT2D eigenvalue weighted by Gasteiger charge is 2.18. The van der Waals surface area contributed by atoms with Crippen LogP contribution in [0.5, 0.6) is 5.75 Å². The van der Waals surface area contributed by atoms with E-state index >= 15 is 0 Å². The average Bonchev–Trinajstić information content (AvgIpc) is 2.47. The fraction of sp³-hybridized carbons (Fsp3) is 0.562. The van der Waals surface area contributed by atoms with Crippen molar-refractivity contribution in [2.75, 3.05) is 44.2 Å². The van der Waals surface area contributed by atoms with E-state index in [1.165, 1.54) is 5.69 Å². The van der Waals surface area contributed by atoms with E-state index in [4.69, 9.17) is 4.74 Å². The second-order valence-corrected chi connectivity index (χ2v) is 5.01. The molecule has 19 heavy (non-hydrogen) atoms. The number of hydrogen-bond acceptors (Lipinski definition) is 3. The van der Waals surface area contributed by atoms with Crippen LogP contribution in [0, 0.1) is 6.42 Å². The summed E-state index contributed by atoms with van der Waals surface area (Å²) in [7, 11) is 0. The minimum Gasteiger partial charge on any atom is -0.491 e. The van der Waals surface area contributed by atoms with Crippen molar-refractivity contribution in [3.63, 3.8) is 0 Å². The van der Waals surface area contributed by atoms with Crippen LogP contribution in [0.15, 0.2) is 24.3 Å². The fourth-order valence-electron chi connectivity index (χ4n) is 2.48. The van der Waals surface area contributed by atoms with Gasteiger partial charge in [0, 0.05) is 32.7 Å². The second-order valence-electron chi connectivity index (χ2n) is 5.01. The third-order valence-electron chi connectivity index (χ3n) is 3.48. The molecule has 0 aromatic heterocycles. The number of nitrogens with zero attached hydrogens (tertiary/aromatic N) is 2.